The molecule has 1 heterocycles. The van der Waals surface area contributed by atoms with Crippen LogP contribution in [0.1, 0.15) is 48.9 Å². The largest absolute Gasteiger partial charge is 0.497 e. The number of anilines is 1. The summed E-state index contributed by atoms with van der Waals surface area (Å²) in [7, 11) is 1.60. The first kappa shape index (κ1) is 20.2. The molecule has 1 aliphatic rings. The number of ether oxygens (including phenoxy) is 1. The number of carbonyl (C=O) groups is 1. The number of amides is 1. The summed E-state index contributed by atoms with van der Waals surface area (Å²) in [6, 6.07) is 11.6. The number of nitrogens with one attached hydrogen (secondary N) is 1. The molecule has 0 atom stereocenters. The molecule has 0 saturated heterocycles. The third kappa shape index (κ3) is 5.49. The fraction of sp³-hybridized carbons (Fsp3) is 0.409. The lowest BCUT2D eigenvalue weighted by Gasteiger charge is -2.15. The normalized spacial score (nSPS) is 13.6. The maximum atomic E-state index is 12.2. The van der Waals surface area contributed by atoms with Crippen LogP contribution < -0.4 is 10.1 Å². The van der Waals surface area contributed by atoms with Crippen LogP contribution in [0.2, 0.25) is 0 Å². The molecule has 1 aromatic carbocycles. The fourth-order valence-corrected chi connectivity index (χ4v) is 4.24. The van der Waals surface area contributed by atoms with Gasteiger partial charge in [-0.05, 0) is 49.4 Å². The molecule has 0 fully saturated rings. The highest BCUT2D eigenvalue weighted by atomic mass is 32.2. The van der Waals surface area contributed by atoms with Crippen molar-refractivity contribution in [2.45, 2.75) is 50.0 Å². The van der Waals surface area contributed by atoms with Crippen LogP contribution in [0.4, 0.5) is 5.69 Å². The number of hydrogen-bond donors (Lipinski definition) is 1. The molecule has 1 amide bonds. The van der Waals surface area contributed by atoms with Crippen LogP contribution in [-0.2, 0) is 17.6 Å². The molecular weight excluding hydrogens is 370 g/mol. The van der Waals surface area contributed by atoms with Crippen molar-refractivity contribution >= 4 is 23.4 Å². The first-order valence-corrected chi connectivity index (χ1v) is 10.7. The number of benzene rings is 1. The zero-order valence-electron chi connectivity index (χ0n) is 16.2. The molecule has 28 heavy (non-hydrogen) atoms. The number of aromatic nitrogens is 1. The maximum absolute atomic E-state index is 12.2. The van der Waals surface area contributed by atoms with Crippen LogP contribution in [0, 0.1) is 11.3 Å². The second kappa shape index (κ2) is 10.1. The van der Waals surface area contributed by atoms with Crippen molar-refractivity contribution in [3.8, 4) is 11.8 Å². The molecule has 0 radical (unpaired) electrons. The number of methoxy groups -OCH3 is 1. The summed E-state index contributed by atoms with van der Waals surface area (Å²) < 4.78 is 5.17. The summed E-state index contributed by atoms with van der Waals surface area (Å²) in [6.45, 7) is 0. The van der Waals surface area contributed by atoms with Crippen molar-refractivity contribution in [1.82, 2.24) is 4.98 Å². The first-order chi connectivity index (χ1) is 13.7. The Kier molecular flexibility index (Phi) is 7.32. The molecule has 0 aliphatic heterocycles. The molecule has 1 aliphatic carbocycles. The lowest BCUT2D eigenvalue weighted by atomic mass is 9.96. The zero-order valence-corrected chi connectivity index (χ0v) is 17.0. The number of pyridine rings is 1. The van der Waals surface area contributed by atoms with Crippen LogP contribution in [0.3, 0.4) is 0 Å². The van der Waals surface area contributed by atoms with E-state index >= 15 is 0 Å². The van der Waals surface area contributed by atoms with E-state index in [1.165, 1.54) is 30.2 Å². The molecule has 1 aromatic heterocycles. The SMILES string of the molecule is COc1cccc(NC(=O)CCSc2nc3c(cc2C#N)CCCCCC3)c1. The predicted octanol–water partition coefficient (Wildman–Crippen LogP) is 4.74. The molecule has 0 unspecified atom stereocenters. The van der Waals surface area contributed by atoms with Crippen LogP contribution in [0.5, 0.6) is 5.75 Å². The summed E-state index contributed by atoms with van der Waals surface area (Å²) in [4.78, 5) is 17.0. The van der Waals surface area contributed by atoms with Gasteiger partial charge in [-0.3, -0.25) is 4.79 Å². The molecular formula is C22H25N3O2S. The van der Waals surface area contributed by atoms with E-state index in [-0.39, 0.29) is 5.91 Å². The molecule has 6 heteroatoms. The topological polar surface area (TPSA) is 75.0 Å². The second-order valence-electron chi connectivity index (χ2n) is 6.85. The number of thioether (sulfide) groups is 1. The summed E-state index contributed by atoms with van der Waals surface area (Å²) in [6.07, 6.45) is 7.14. The molecule has 3 rings (SSSR count). The van der Waals surface area contributed by atoms with E-state index in [4.69, 9.17) is 9.72 Å². The van der Waals surface area contributed by atoms with Crippen molar-refractivity contribution in [3.63, 3.8) is 0 Å². The first-order valence-electron chi connectivity index (χ1n) is 9.69. The van der Waals surface area contributed by atoms with Gasteiger partial charge in [-0.15, -0.1) is 11.8 Å². The third-order valence-electron chi connectivity index (χ3n) is 4.81. The Hall–Kier alpha value is -2.52. The van der Waals surface area contributed by atoms with Gasteiger partial charge >= 0.3 is 0 Å². The average Bonchev–Trinajstić information content (AvgIpc) is 2.69. The van der Waals surface area contributed by atoms with Crippen LogP contribution in [0.25, 0.3) is 0 Å². The molecule has 0 bridgehead atoms. The van der Waals surface area contributed by atoms with E-state index < -0.39 is 0 Å². The van der Waals surface area contributed by atoms with E-state index in [1.54, 1.807) is 13.2 Å². The Morgan fingerprint density at radius 3 is 2.86 bits per heavy atom. The van der Waals surface area contributed by atoms with Crippen molar-refractivity contribution in [2.75, 3.05) is 18.2 Å². The van der Waals surface area contributed by atoms with E-state index in [1.807, 2.05) is 24.3 Å². The van der Waals surface area contributed by atoms with Gasteiger partial charge in [0.05, 0.1) is 12.7 Å². The maximum Gasteiger partial charge on any atom is 0.225 e. The smallest absolute Gasteiger partial charge is 0.225 e. The zero-order chi connectivity index (χ0) is 19.8. The minimum atomic E-state index is -0.0643. The Morgan fingerprint density at radius 1 is 1.25 bits per heavy atom. The van der Waals surface area contributed by atoms with Crippen LogP contribution >= 0.6 is 11.8 Å². The number of aryl methyl sites for hydroxylation is 2. The Bertz CT molecular complexity index is 877. The van der Waals surface area contributed by atoms with Gasteiger partial charge in [-0.1, -0.05) is 18.9 Å². The van der Waals surface area contributed by atoms with Gasteiger partial charge in [0.25, 0.3) is 0 Å². The number of nitriles is 1. The minimum absolute atomic E-state index is 0.0643. The van der Waals surface area contributed by atoms with Gasteiger partial charge < -0.3 is 10.1 Å². The summed E-state index contributed by atoms with van der Waals surface area (Å²) >= 11 is 1.48. The lowest BCUT2D eigenvalue weighted by Crippen LogP contribution is -2.12. The Balaban J connectivity index is 1.59. The van der Waals surface area contributed by atoms with Crippen LogP contribution in [-0.4, -0.2) is 23.8 Å². The van der Waals surface area contributed by atoms with E-state index in [0.717, 1.165) is 36.4 Å². The molecule has 5 nitrogen and oxygen atoms in total. The quantitative estimate of drug-likeness (QED) is 0.715. The number of carbonyl (C=O) groups excluding carboxylic acids is 1. The van der Waals surface area contributed by atoms with Crippen LogP contribution in [0.15, 0.2) is 35.4 Å². The Morgan fingerprint density at radius 2 is 2.07 bits per heavy atom. The molecule has 0 saturated carbocycles. The van der Waals surface area contributed by atoms with Gasteiger partial charge in [0, 0.05) is 29.6 Å². The highest BCUT2D eigenvalue weighted by Gasteiger charge is 2.14. The van der Waals surface area contributed by atoms with Gasteiger partial charge in [0.1, 0.15) is 16.8 Å². The number of fused-ring (bicyclic) bond motifs is 1. The second-order valence-corrected chi connectivity index (χ2v) is 7.94. The van der Waals surface area contributed by atoms with Crippen molar-refractivity contribution < 1.29 is 9.53 Å². The Labute approximate surface area is 170 Å². The summed E-state index contributed by atoms with van der Waals surface area (Å²) in [5, 5.41) is 13.1. The van der Waals surface area contributed by atoms with Gasteiger partial charge in [-0.25, -0.2) is 4.98 Å². The van der Waals surface area contributed by atoms with Crippen molar-refractivity contribution in [3.05, 3.63) is 47.2 Å². The number of hydrogen-bond acceptors (Lipinski definition) is 5. The van der Waals surface area contributed by atoms with E-state index in [9.17, 15) is 10.1 Å². The summed E-state index contributed by atoms with van der Waals surface area (Å²) in [5.74, 6) is 1.22. The van der Waals surface area contributed by atoms with Gasteiger partial charge in [-0.2, -0.15) is 5.26 Å². The molecule has 2 aromatic rings. The standard InChI is InChI=1S/C22H25N3O2S/c1-27-19-9-6-8-18(14-19)24-21(26)11-12-28-22-17(15-23)13-16-7-4-2-3-5-10-20(16)25-22/h6,8-9,13-14H,2-5,7,10-12H2,1H3,(H,24,26). The highest BCUT2D eigenvalue weighted by molar-refractivity contribution is 7.99. The fourth-order valence-electron chi connectivity index (χ4n) is 3.32. The van der Waals surface area contributed by atoms with Gasteiger partial charge in [0.15, 0.2) is 0 Å². The van der Waals surface area contributed by atoms with E-state index in [0.29, 0.717) is 29.2 Å². The molecule has 1 N–H and O–H groups in total. The average molecular weight is 396 g/mol. The van der Waals surface area contributed by atoms with Gasteiger partial charge in [0.2, 0.25) is 5.91 Å². The minimum Gasteiger partial charge on any atom is -0.497 e. The molecule has 146 valence electrons. The number of nitrogens with zero attached hydrogens (tertiary/aromatic N) is 2. The third-order valence-corrected chi connectivity index (χ3v) is 5.80. The monoisotopic (exact) mass is 395 g/mol. The van der Waals surface area contributed by atoms with Crippen molar-refractivity contribution in [1.29, 1.82) is 5.26 Å². The summed E-state index contributed by atoms with van der Waals surface area (Å²) in [5.41, 5.74) is 3.68. The van der Waals surface area contributed by atoms with E-state index in [2.05, 4.69) is 11.4 Å². The highest BCUT2D eigenvalue weighted by Crippen LogP contribution is 2.27. The lowest BCUT2D eigenvalue weighted by molar-refractivity contribution is -0.115. The predicted molar refractivity (Wildman–Crippen MR) is 112 cm³/mol. The van der Waals surface area contributed by atoms with Crippen molar-refractivity contribution in [2.24, 2.45) is 0 Å². The molecule has 0 spiro atoms. The number of rotatable bonds is 6.